The molecule has 2 aromatic rings. The number of thioether (sulfide) groups is 1. The molecule has 0 unspecified atom stereocenters. The van der Waals surface area contributed by atoms with E-state index in [1.54, 1.807) is 21.6 Å². The Morgan fingerprint density at radius 3 is 2.56 bits per heavy atom. The highest BCUT2D eigenvalue weighted by molar-refractivity contribution is 7.98. The molecule has 0 atom stereocenters. The van der Waals surface area contributed by atoms with E-state index in [-0.39, 0.29) is 18.5 Å². The molecule has 1 fully saturated rings. The molecular weight excluding hydrogens is 358 g/mol. The Bertz CT molecular complexity index is 820. The first kappa shape index (κ1) is 19.3. The molecule has 2 aromatic carbocycles. The molecule has 1 aliphatic rings. The normalized spacial score (nSPS) is 14.1. The minimum absolute atomic E-state index is 0.0584. The Kier molecular flexibility index (Phi) is 6.06. The summed E-state index contributed by atoms with van der Waals surface area (Å²) in [6.07, 6.45) is 1.99. The van der Waals surface area contributed by atoms with E-state index in [4.69, 9.17) is 0 Å². The lowest BCUT2D eigenvalue weighted by Crippen LogP contribution is -2.37. The number of carbonyl (C=O) groups excluding carboxylic acids is 2. The molecule has 1 aliphatic heterocycles. The summed E-state index contributed by atoms with van der Waals surface area (Å²) in [4.78, 5) is 29.4. The van der Waals surface area contributed by atoms with Crippen LogP contribution in [0.4, 0.5) is 16.2 Å². The van der Waals surface area contributed by atoms with Crippen LogP contribution in [0.5, 0.6) is 0 Å². The van der Waals surface area contributed by atoms with Crippen molar-refractivity contribution in [2.75, 3.05) is 36.1 Å². The first-order valence-corrected chi connectivity index (χ1v) is 10.3. The summed E-state index contributed by atoms with van der Waals surface area (Å²) in [6, 6.07) is 15.6. The van der Waals surface area contributed by atoms with E-state index in [1.165, 1.54) is 5.56 Å². The Morgan fingerprint density at radius 2 is 1.89 bits per heavy atom. The van der Waals surface area contributed by atoms with Gasteiger partial charge < -0.3 is 10.2 Å². The minimum Gasteiger partial charge on any atom is -0.325 e. The summed E-state index contributed by atoms with van der Waals surface area (Å²) >= 11 is 1.62. The third kappa shape index (κ3) is 4.63. The monoisotopic (exact) mass is 383 g/mol. The van der Waals surface area contributed by atoms with Gasteiger partial charge in [0.15, 0.2) is 0 Å². The van der Waals surface area contributed by atoms with Crippen molar-refractivity contribution in [2.24, 2.45) is 0 Å². The van der Waals surface area contributed by atoms with Crippen LogP contribution in [0.3, 0.4) is 0 Å². The third-order valence-corrected chi connectivity index (χ3v) is 5.38. The maximum Gasteiger partial charge on any atom is 0.325 e. The highest BCUT2D eigenvalue weighted by Gasteiger charge is 2.30. The second kappa shape index (κ2) is 8.48. The highest BCUT2D eigenvalue weighted by atomic mass is 32.2. The zero-order valence-corrected chi connectivity index (χ0v) is 16.8. The van der Waals surface area contributed by atoms with E-state index in [0.29, 0.717) is 19.0 Å². The van der Waals surface area contributed by atoms with Crippen molar-refractivity contribution < 1.29 is 9.59 Å². The molecule has 0 spiro atoms. The van der Waals surface area contributed by atoms with Gasteiger partial charge in [0.25, 0.3) is 0 Å². The molecule has 0 saturated carbocycles. The van der Waals surface area contributed by atoms with Crippen LogP contribution >= 0.6 is 11.8 Å². The molecule has 1 N–H and O–H groups in total. The van der Waals surface area contributed by atoms with E-state index in [2.05, 4.69) is 31.3 Å². The molecule has 0 aliphatic carbocycles. The summed E-state index contributed by atoms with van der Waals surface area (Å²) < 4.78 is 0. The van der Waals surface area contributed by atoms with Crippen LogP contribution in [0.25, 0.3) is 0 Å². The van der Waals surface area contributed by atoms with Crippen molar-refractivity contribution in [3.05, 3.63) is 54.1 Å². The molecule has 0 aromatic heterocycles. The number of hydrogen-bond acceptors (Lipinski definition) is 3. The van der Waals surface area contributed by atoms with Crippen LogP contribution in [0, 0.1) is 0 Å². The van der Waals surface area contributed by atoms with Crippen molar-refractivity contribution in [3.63, 3.8) is 0 Å². The number of rotatable bonds is 6. The fourth-order valence-electron chi connectivity index (χ4n) is 3.08. The van der Waals surface area contributed by atoms with Crippen LogP contribution < -0.4 is 10.2 Å². The Morgan fingerprint density at radius 1 is 1.15 bits per heavy atom. The van der Waals surface area contributed by atoms with E-state index in [1.807, 2.05) is 42.7 Å². The predicted octanol–water partition coefficient (Wildman–Crippen LogP) is 4.41. The van der Waals surface area contributed by atoms with Crippen molar-refractivity contribution in [1.82, 2.24) is 4.90 Å². The van der Waals surface area contributed by atoms with Crippen molar-refractivity contribution >= 4 is 35.1 Å². The second-order valence-electron chi connectivity index (χ2n) is 6.88. The smallest absolute Gasteiger partial charge is 0.325 e. The molecule has 6 heteroatoms. The zero-order valence-electron chi connectivity index (χ0n) is 15.9. The SMILES string of the molecule is CSc1cccc(NC(=O)CN2CCN(c3ccc(C(C)C)cc3)C2=O)c1. The van der Waals surface area contributed by atoms with Gasteiger partial charge in [-0.3, -0.25) is 9.69 Å². The maximum absolute atomic E-state index is 12.7. The number of amides is 3. The van der Waals surface area contributed by atoms with Gasteiger partial charge in [-0.05, 0) is 48.1 Å². The molecule has 3 rings (SSSR count). The van der Waals surface area contributed by atoms with Gasteiger partial charge in [-0.25, -0.2) is 4.79 Å². The Labute approximate surface area is 164 Å². The molecule has 3 amide bonds. The molecule has 1 heterocycles. The van der Waals surface area contributed by atoms with Gasteiger partial charge in [-0.1, -0.05) is 32.0 Å². The average Bonchev–Trinajstić information content (AvgIpc) is 3.02. The summed E-state index contributed by atoms with van der Waals surface area (Å²) in [5.74, 6) is 0.275. The van der Waals surface area contributed by atoms with Crippen molar-refractivity contribution in [2.45, 2.75) is 24.7 Å². The number of benzene rings is 2. The Balaban J connectivity index is 1.60. The van der Waals surface area contributed by atoms with Crippen LogP contribution in [0.15, 0.2) is 53.4 Å². The topological polar surface area (TPSA) is 52.7 Å². The molecule has 27 heavy (non-hydrogen) atoms. The van der Waals surface area contributed by atoms with Crippen LogP contribution in [0.2, 0.25) is 0 Å². The minimum atomic E-state index is -0.182. The summed E-state index contributed by atoms with van der Waals surface area (Å²) in [5, 5.41) is 2.87. The number of carbonyl (C=O) groups is 2. The standard InChI is InChI=1S/C21H25N3O2S/c1-15(2)16-7-9-18(10-8-16)24-12-11-23(21(24)26)14-20(25)22-17-5-4-6-19(13-17)27-3/h4-10,13,15H,11-12,14H2,1-3H3,(H,22,25). The molecule has 0 radical (unpaired) electrons. The fraction of sp³-hybridized carbons (Fsp3) is 0.333. The van der Waals surface area contributed by atoms with Gasteiger partial charge in [-0.15, -0.1) is 11.8 Å². The van der Waals surface area contributed by atoms with Crippen molar-refractivity contribution in [1.29, 1.82) is 0 Å². The van der Waals surface area contributed by atoms with Crippen LogP contribution in [-0.4, -0.2) is 42.7 Å². The fourth-order valence-corrected chi connectivity index (χ4v) is 3.54. The first-order chi connectivity index (χ1) is 13.0. The Hall–Kier alpha value is -2.47. The van der Waals surface area contributed by atoms with Gasteiger partial charge in [0, 0.05) is 29.4 Å². The van der Waals surface area contributed by atoms with Crippen LogP contribution in [0.1, 0.15) is 25.3 Å². The van der Waals surface area contributed by atoms with E-state index < -0.39 is 0 Å². The number of hydrogen-bond donors (Lipinski definition) is 1. The summed E-state index contributed by atoms with van der Waals surface area (Å²) in [7, 11) is 0. The quantitative estimate of drug-likeness (QED) is 0.752. The second-order valence-corrected chi connectivity index (χ2v) is 7.76. The number of anilines is 2. The highest BCUT2D eigenvalue weighted by Crippen LogP contribution is 2.24. The van der Waals surface area contributed by atoms with E-state index in [0.717, 1.165) is 16.3 Å². The first-order valence-electron chi connectivity index (χ1n) is 9.08. The lowest BCUT2D eigenvalue weighted by molar-refractivity contribution is -0.116. The molecule has 5 nitrogen and oxygen atoms in total. The van der Waals surface area contributed by atoms with Crippen molar-refractivity contribution in [3.8, 4) is 0 Å². The molecular formula is C21H25N3O2S. The van der Waals surface area contributed by atoms with Gasteiger partial charge in [-0.2, -0.15) is 0 Å². The van der Waals surface area contributed by atoms with Gasteiger partial charge in [0.2, 0.25) is 5.91 Å². The molecule has 0 bridgehead atoms. The maximum atomic E-state index is 12.7. The summed E-state index contributed by atoms with van der Waals surface area (Å²) in [5.41, 5.74) is 2.87. The lowest BCUT2D eigenvalue weighted by Gasteiger charge is -2.19. The lowest BCUT2D eigenvalue weighted by atomic mass is 10.0. The van der Waals surface area contributed by atoms with Gasteiger partial charge >= 0.3 is 6.03 Å². The summed E-state index contributed by atoms with van der Waals surface area (Å²) in [6.45, 7) is 5.48. The van der Waals surface area contributed by atoms with E-state index >= 15 is 0 Å². The van der Waals surface area contributed by atoms with Gasteiger partial charge in [0.1, 0.15) is 6.54 Å². The molecule has 1 saturated heterocycles. The number of nitrogens with zero attached hydrogens (tertiary/aromatic N) is 2. The predicted molar refractivity (Wildman–Crippen MR) is 112 cm³/mol. The largest absolute Gasteiger partial charge is 0.325 e. The van der Waals surface area contributed by atoms with Crippen LogP contribution in [-0.2, 0) is 4.79 Å². The third-order valence-electron chi connectivity index (χ3n) is 4.65. The number of urea groups is 1. The van der Waals surface area contributed by atoms with E-state index in [9.17, 15) is 9.59 Å². The average molecular weight is 384 g/mol. The number of nitrogens with one attached hydrogen (secondary N) is 1. The molecule has 142 valence electrons. The van der Waals surface area contributed by atoms with Gasteiger partial charge in [0.05, 0.1) is 0 Å². The zero-order chi connectivity index (χ0) is 19.4.